The van der Waals surface area contributed by atoms with Crippen LogP contribution in [0.3, 0.4) is 0 Å². The zero-order valence-electron chi connectivity index (χ0n) is 15.5. The van der Waals surface area contributed by atoms with Crippen molar-refractivity contribution in [1.29, 1.82) is 0 Å². The summed E-state index contributed by atoms with van der Waals surface area (Å²) in [5, 5.41) is 24.5. The fraction of sp³-hybridized carbons (Fsp3) is 0.368. The van der Waals surface area contributed by atoms with Crippen molar-refractivity contribution in [2.75, 3.05) is 25.0 Å². The average molecular weight is 405 g/mol. The lowest BCUT2D eigenvalue weighted by atomic mass is 10.1. The molecule has 0 bridgehead atoms. The van der Waals surface area contributed by atoms with Crippen LogP contribution in [-0.4, -0.2) is 42.4 Å². The lowest BCUT2D eigenvalue weighted by Crippen LogP contribution is -2.29. The van der Waals surface area contributed by atoms with E-state index >= 15 is 0 Å². The van der Waals surface area contributed by atoms with Gasteiger partial charge in [-0.2, -0.15) is 4.31 Å². The SMILES string of the molecule is Cc1cccc(C(O)CNc2ccc([N+](=O)[O-])cc2S(=O)(=O)N2CCCC2)c1. The van der Waals surface area contributed by atoms with Crippen molar-refractivity contribution < 1.29 is 18.4 Å². The maximum absolute atomic E-state index is 13.0. The number of nitrogens with zero attached hydrogens (tertiary/aromatic N) is 2. The Labute approximate surface area is 164 Å². The van der Waals surface area contributed by atoms with Crippen LogP contribution in [0.25, 0.3) is 0 Å². The highest BCUT2D eigenvalue weighted by Gasteiger charge is 2.31. The summed E-state index contributed by atoms with van der Waals surface area (Å²) in [5.41, 5.74) is 1.66. The molecule has 1 heterocycles. The summed E-state index contributed by atoms with van der Waals surface area (Å²) < 4.78 is 27.3. The Bertz CT molecular complexity index is 971. The third-order valence-corrected chi connectivity index (χ3v) is 6.71. The molecule has 150 valence electrons. The van der Waals surface area contributed by atoms with Gasteiger partial charge in [-0.25, -0.2) is 8.42 Å². The number of benzene rings is 2. The van der Waals surface area contributed by atoms with E-state index in [2.05, 4.69) is 5.32 Å². The Morgan fingerprint density at radius 1 is 1.21 bits per heavy atom. The molecule has 1 aliphatic heterocycles. The highest BCUT2D eigenvalue weighted by atomic mass is 32.2. The summed E-state index contributed by atoms with van der Waals surface area (Å²) in [7, 11) is -3.86. The van der Waals surface area contributed by atoms with E-state index < -0.39 is 21.1 Å². The van der Waals surface area contributed by atoms with Crippen LogP contribution >= 0.6 is 0 Å². The summed E-state index contributed by atoms with van der Waals surface area (Å²) in [6.07, 6.45) is 0.684. The van der Waals surface area contributed by atoms with Crippen molar-refractivity contribution >= 4 is 21.4 Å². The molecule has 8 nitrogen and oxygen atoms in total. The molecule has 1 aliphatic rings. The van der Waals surface area contributed by atoms with Gasteiger partial charge < -0.3 is 10.4 Å². The van der Waals surface area contributed by atoms with Crippen LogP contribution < -0.4 is 5.32 Å². The number of hydrogen-bond donors (Lipinski definition) is 2. The van der Waals surface area contributed by atoms with Gasteiger partial charge in [-0.3, -0.25) is 10.1 Å². The van der Waals surface area contributed by atoms with Crippen molar-refractivity contribution in [3.05, 3.63) is 63.7 Å². The lowest BCUT2D eigenvalue weighted by molar-refractivity contribution is -0.385. The third-order valence-electron chi connectivity index (χ3n) is 4.77. The monoisotopic (exact) mass is 405 g/mol. The van der Waals surface area contributed by atoms with Crippen molar-refractivity contribution in [2.24, 2.45) is 0 Å². The maximum atomic E-state index is 13.0. The number of nitrogens with one attached hydrogen (secondary N) is 1. The molecule has 2 N–H and O–H groups in total. The first-order chi connectivity index (χ1) is 13.3. The molecule has 1 unspecified atom stereocenters. The third kappa shape index (κ3) is 4.32. The first-order valence-corrected chi connectivity index (χ1v) is 10.5. The molecule has 2 aromatic carbocycles. The van der Waals surface area contributed by atoms with Crippen LogP contribution in [0.15, 0.2) is 47.4 Å². The van der Waals surface area contributed by atoms with E-state index in [0.717, 1.165) is 24.5 Å². The molecular weight excluding hydrogens is 382 g/mol. The second-order valence-electron chi connectivity index (χ2n) is 6.86. The number of hydrogen-bond acceptors (Lipinski definition) is 6. The highest BCUT2D eigenvalue weighted by Crippen LogP contribution is 2.31. The largest absolute Gasteiger partial charge is 0.387 e. The first kappa shape index (κ1) is 20.2. The molecule has 1 atom stereocenters. The number of anilines is 1. The smallest absolute Gasteiger partial charge is 0.270 e. The summed E-state index contributed by atoms with van der Waals surface area (Å²) in [6.45, 7) is 2.79. The van der Waals surface area contributed by atoms with Gasteiger partial charge in [-0.15, -0.1) is 0 Å². The minimum absolute atomic E-state index is 0.0732. The number of nitro groups is 1. The minimum atomic E-state index is -3.86. The molecular formula is C19H23N3O5S. The van der Waals surface area contributed by atoms with Gasteiger partial charge in [-0.1, -0.05) is 29.8 Å². The molecule has 0 saturated carbocycles. The first-order valence-electron chi connectivity index (χ1n) is 9.06. The summed E-state index contributed by atoms with van der Waals surface area (Å²) in [5.74, 6) is 0. The fourth-order valence-corrected chi connectivity index (χ4v) is 4.96. The molecule has 3 rings (SSSR count). The van der Waals surface area contributed by atoms with E-state index in [1.165, 1.54) is 16.4 Å². The van der Waals surface area contributed by atoms with Gasteiger partial charge in [0.15, 0.2) is 0 Å². The van der Waals surface area contributed by atoms with E-state index in [-0.39, 0.29) is 22.8 Å². The van der Waals surface area contributed by atoms with Crippen LogP contribution in [0.5, 0.6) is 0 Å². The van der Waals surface area contributed by atoms with E-state index in [1.54, 1.807) is 6.07 Å². The molecule has 9 heteroatoms. The Hall–Kier alpha value is -2.49. The van der Waals surface area contributed by atoms with Gasteiger partial charge in [0.05, 0.1) is 16.7 Å². The minimum Gasteiger partial charge on any atom is -0.387 e. The zero-order chi connectivity index (χ0) is 20.3. The summed E-state index contributed by atoms with van der Waals surface area (Å²) in [6, 6.07) is 11.1. The standard InChI is InChI=1S/C19H23N3O5S/c1-14-5-4-6-15(11-14)18(23)13-20-17-8-7-16(22(24)25)12-19(17)28(26,27)21-9-2-3-10-21/h4-8,11-12,18,20,23H,2-3,9-10,13H2,1H3. The normalized spacial score (nSPS) is 16.1. The number of nitro benzene ring substituents is 1. The quantitative estimate of drug-likeness (QED) is 0.541. The Kier molecular flexibility index (Phi) is 5.97. The number of sulfonamides is 1. The molecule has 0 amide bonds. The van der Waals surface area contributed by atoms with Crippen molar-refractivity contribution in [2.45, 2.75) is 30.8 Å². The Balaban J connectivity index is 1.88. The van der Waals surface area contributed by atoms with Gasteiger partial charge in [0.2, 0.25) is 10.0 Å². The molecule has 2 aromatic rings. The van der Waals surface area contributed by atoms with Crippen molar-refractivity contribution in [3.63, 3.8) is 0 Å². The van der Waals surface area contributed by atoms with Gasteiger partial charge in [0.1, 0.15) is 4.90 Å². The Morgan fingerprint density at radius 2 is 1.93 bits per heavy atom. The van der Waals surface area contributed by atoms with Gasteiger partial charge in [0, 0.05) is 31.8 Å². The molecule has 1 saturated heterocycles. The molecule has 28 heavy (non-hydrogen) atoms. The van der Waals surface area contributed by atoms with E-state index in [4.69, 9.17) is 0 Å². The van der Waals surface area contributed by atoms with Crippen LogP contribution in [0, 0.1) is 17.0 Å². The van der Waals surface area contributed by atoms with Gasteiger partial charge in [0.25, 0.3) is 5.69 Å². The summed E-state index contributed by atoms with van der Waals surface area (Å²) >= 11 is 0. The summed E-state index contributed by atoms with van der Waals surface area (Å²) in [4.78, 5) is 10.4. The van der Waals surface area contributed by atoms with Gasteiger partial charge in [-0.05, 0) is 31.4 Å². The lowest BCUT2D eigenvalue weighted by Gasteiger charge is -2.20. The number of aryl methyl sites for hydroxylation is 1. The molecule has 0 radical (unpaired) electrons. The topological polar surface area (TPSA) is 113 Å². The molecule has 1 fully saturated rings. The van der Waals surface area contributed by atoms with Crippen molar-refractivity contribution in [1.82, 2.24) is 4.31 Å². The zero-order valence-corrected chi connectivity index (χ0v) is 16.4. The molecule has 0 spiro atoms. The number of aliphatic hydroxyl groups excluding tert-OH is 1. The number of rotatable bonds is 7. The van der Waals surface area contributed by atoms with Crippen molar-refractivity contribution in [3.8, 4) is 0 Å². The second kappa shape index (κ2) is 8.26. The van der Waals surface area contributed by atoms with Crippen LogP contribution in [-0.2, 0) is 10.0 Å². The molecule has 0 aliphatic carbocycles. The average Bonchev–Trinajstić information content (AvgIpc) is 3.21. The maximum Gasteiger partial charge on any atom is 0.270 e. The highest BCUT2D eigenvalue weighted by molar-refractivity contribution is 7.89. The van der Waals surface area contributed by atoms with E-state index in [9.17, 15) is 23.6 Å². The van der Waals surface area contributed by atoms with E-state index in [0.29, 0.717) is 18.7 Å². The number of aliphatic hydroxyl groups is 1. The second-order valence-corrected chi connectivity index (χ2v) is 8.77. The molecule has 0 aromatic heterocycles. The number of non-ortho nitro benzene ring substituents is 1. The fourth-order valence-electron chi connectivity index (χ4n) is 3.25. The van der Waals surface area contributed by atoms with Crippen LogP contribution in [0.4, 0.5) is 11.4 Å². The van der Waals surface area contributed by atoms with Crippen LogP contribution in [0.1, 0.15) is 30.1 Å². The predicted octanol–water partition coefficient (Wildman–Crippen LogP) is 2.83. The van der Waals surface area contributed by atoms with Crippen LogP contribution in [0.2, 0.25) is 0 Å². The van der Waals surface area contributed by atoms with Gasteiger partial charge >= 0.3 is 0 Å². The Morgan fingerprint density at radius 3 is 2.57 bits per heavy atom. The van der Waals surface area contributed by atoms with E-state index in [1.807, 2.05) is 25.1 Å². The predicted molar refractivity (Wildman–Crippen MR) is 106 cm³/mol.